The molecule has 0 aliphatic rings. The number of aryl methyl sites for hydroxylation is 1. The monoisotopic (exact) mass is 351 g/mol. The molecular weight excluding hydrogens is 330 g/mol. The molecule has 1 N–H and O–H groups in total. The SMILES string of the molecule is Clc1ccccc1CNc1ccccc1OCCCc1ccccc1. The van der Waals surface area contributed by atoms with Gasteiger partial charge in [-0.15, -0.1) is 0 Å². The van der Waals surface area contributed by atoms with Gasteiger partial charge in [0.25, 0.3) is 0 Å². The predicted molar refractivity (Wildman–Crippen MR) is 105 cm³/mol. The van der Waals surface area contributed by atoms with Crippen LogP contribution in [0.3, 0.4) is 0 Å². The van der Waals surface area contributed by atoms with Gasteiger partial charge >= 0.3 is 0 Å². The van der Waals surface area contributed by atoms with Gasteiger partial charge in [0.2, 0.25) is 0 Å². The smallest absolute Gasteiger partial charge is 0.142 e. The second-order valence-electron chi connectivity index (χ2n) is 5.88. The number of halogens is 1. The molecule has 128 valence electrons. The zero-order chi connectivity index (χ0) is 17.3. The largest absolute Gasteiger partial charge is 0.491 e. The third kappa shape index (κ3) is 5.27. The molecule has 0 aliphatic carbocycles. The molecule has 0 bridgehead atoms. The van der Waals surface area contributed by atoms with Crippen LogP contribution < -0.4 is 10.1 Å². The third-order valence-electron chi connectivity index (χ3n) is 4.02. The molecule has 2 nitrogen and oxygen atoms in total. The number of anilines is 1. The number of hydrogen-bond acceptors (Lipinski definition) is 2. The Hall–Kier alpha value is -2.45. The van der Waals surface area contributed by atoms with Crippen LogP contribution in [0.2, 0.25) is 5.02 Å². The van der Waals surface area contributed by atoms with Gasteiger partial charge in [-0.3, -0.25) is 0 Å². The minimum Gasteiger partial charge on any atom is -0.491 e. The summed E-state index contributed by atoms with van der Waals surface area (Å²) < 4.78 is 5.98. The second kappa shape index (κ2) is 9.14. The summed E-state index contributed by atoms with van der Waals surface area (Å²) in [4.78, 5) is 0. The molecular formula is C22H22ClNO. The molecule has 0 aromatic heterocycles. The maximum absolute atomic E-state index is 6.22. The van der Waals surface area contributed by atoms with Crippen LogP contribution in [0.25, 0.3) is 0 Å². The Kier molecular flexibility index (Phi) is 6.35. The summed E-state index contributed by atoms with van der Waals surface area (Å²) in [6, 6.07) is 26.4. The fourth-order valence-corrected chi connectivity index (χ4v) is 2.88. The Labute approximate surface area is 154 Å². The van der Waals surface area contributed by atoms with Crippen molar-refractivity contribution >= 4 is 17.3 Å². The van der Waals surface area contributed by atoms with Crippen LogP contribution in [-0.2, 0) is 13.0 Å². The molecule has 3 aromatic carbocycles. The molecule has 0 aliphatic heterocycles. The van der Waals surface area contributed by atoms with Gasteiger partial charge in [0.1, 0.15) is 5.75 Å². The summed E-state index contributed by atoms with van der Waals surface area (Å²) >= 11 is 6.22. The van der Waals surface area contributed by atoms with Crippen LogP contribution in [0, 0.1) is 0 Å². The van der Waals surface area contributed by atoms with Crippen LogP contribution in [0.5, 0.6) is 5.75 Å². The number of rotatable bonds is 8. The Morgan fingerprint density at radius 3 is 2.36 bits per heavy atom. The van der Waals surface area contributed by atoms with Crippen molar-refractivity contribution in [2.24, 2.45) is 0 Å². The lowest BCUT2D eigenvalue weighted by Gasteiger charge is -2.14. The summed E-state index contributed by atoms with van der Waals surface area (Å²) in [5, 5.41) is 4.19. The molecule has 0 heterocycles. The molecule has 0 fully saturated rings. The fraction of sp³-hybridized carbons (Fsp3) is 0.182. The van der Waals surface area contributed by atoms with Crippen LogP contribution in [0.15, 0.2) is 78.9 Å². The number of nitrogens with one attached hydrogen (secondary N) is 1. The molecule has 0 saturated carbocycles. The predicted octanol–water partition coefficient (Wildman–Crippen LogP) is 5.96. The standard InChI is InChI=1S/C22H22ClNO/c23-20-13-5-4-12-19(20)17-24-21-14-6-7-15-22(21)25-16-8-11-18-9-2-1-3-10-18/h1-7,9-10,12-15,24H,8,11,16-17H2. The van der Waals surface area contributed by atoms with Crippen LogP contribution in [0.4, 0.5) is 5.69 Å². The van der Waals surface area contributed by atoms with Crippen molar-refractivity contribution in [1.82, 2.24) is 0 Å². The molecule has 0 atom stereocenters. The number of hydrogen-bond donors (Lipinski definition) is 1. The molecule has 25 heavy (non-hydrogen) atoms. The van der Waals surface area contributed by atoms with E-state index in [1.165, 1.54) is 5.56 Å². The highest BCUT2D eigenvalue weighted by Crippen LogP contribution is 2.25. The van der Waals surface area contributed by atoms with Crippen LogP contribution >= 0.6 is 11.6 Å². The first-order chi connectivity index (χ1) is 12.3. The van der Waals surface area contributed by atoms with Gasteiger partial charge in [0, 0.05) is 11.6 Å². The Balaban J connectivity index is 1.53. The summed E-state index contributed by atoms with van der Waals surface area (Å²) in [6.45, 7) is 1.36. The van der Waals surface area contributed by atoms with Gasteiger partial charge in [-0.2, -0.15) is 0 Å². The molecule has 3 aromatic rings. The first kappa shape index (κ1) is 17.4. The van der Waals surface area contributed by atoms with Crippen molar-refractivity contribution in [3.05, 3.63) is 95.0 Å². The zero-order valence-corrected chi connectivity index (χ0v) is 14.9. The minimum absolute atomic E-state index is 0.671. The van der Waals surface area contributed by atoms with Gasteiger partial charge in [-0.1, -0.05) is 72.3 Å². The third-order valence-corrected chi connectivity index (χ3v) is 4.39. The van der Waals surface area contributed by atoms with E-state index in [2.05, 4.69) is 29.6 Å². The molecule has 0 spiro atoms. The van der Waals surface area contributed by atoms with E-state index < -0.39 is 0 Å². The normalized spacial score (nSPS) is 10.4. The summed E-state index contributed by atoms with van der Waals surface area (Å²) in [6.07, 6.45) is 2.01. The van der Waals surface area contributed by atoms with Crippen LogP contribution in [0.1, 0.15) is 17.5 Å². The van der Waals surface area contributed by atoms with Crippen molar-refractivity contribution in [3.63, 3.8) is 0 Å². The van der Waals surface area contributed by atoms with Crippen molar-refractivity contribution in [2.45, 2.75) is 19.4 Å². The second-order valence-corrected chi connectivity index (χ2v) is 6.29. The van der Waals surface area contributed by atoms with Crippen molar-refractivity contribution in [1.29, 1.82) is 0 Å². The van der Waals surface area contributed by atoms with Gasteiger partial charge in [0.15, 0.2) is 0 Å². The highest BCUT2D eigenvalue weighted by atomic mass is 35.5. The van der Waals surface area contributed by atoms with E-state index in [4.69, 9.17) is 16.3 Å². The topological polar surface area (TPSA) is 21.3 Å². The number of para-hydroxylation sites is 2. The van der Waals surface area contributed by atoms with Gasteiger partial charge in [0.05, 0.1) is 12.3 Å². The lowest BCUT2D eigenvalue weighted by Crippen LogP contribution is -2.05. The summed E-state index contributed by atoms with van der Waals surface area (Å²) in [5.74, 6) is 0.877. The zero-order valence-electron chi connectivity index (χ0n) is 14.1. The first-order valence-electron chi connectivity index (χ1n) is 8.56. The average molecular weight is 352 g/mol. The highest BCUT2D eigenvalue weighted by Gasteiger charge is 2.04. The molecule has 0 amide bonds. The lowest BCUT2D eigenvalue weighted by molar-refractivity contribution is 0.312. The van der Waals surface area contributed by atoms with Crippen molar-refractivity contribution in [2.75, 3.05) is 11.9 Å². The van der Waals surface area contributed by atoms with Gasteiger partial charge in [-0.25, -0.2) is 0 Å². The highest BCUT2D eigenvalue weighted by molar-refractivity contribution is 6.31. The minimum atomic E-state index is 0.671. The van der Waals surface area contributed by atoms with Gasteiger partial charge < -0.3 is 10.1 Å². The molecule has 0 saturated heterocycles. The molecule has 0 unspecified atom stereocenters. The quantitative estimate of drug-likeness (QED) is 0.505. The molecule has 0 radical (unpaired) electrons. The number of benzene rings is 3. The Morgan fingerprint density at radius 1 is 0.800 bits per heavy atom. The van der Waals surface area contributed by atoms with E-state index >= 15 is 0 Å². The van der Waals surface area contributed by atoms with Crippen LogP contribution in [-0.4, -0.2) is 6.61 Å². The van der Waals surface area contributed by atoms with E-state index in [0.29, 0.717) is 13.2 Å². The Bertz CT molecular complexity index is 789. The maximum Gasteiger partial charge on any atom is 0.142 e. The number of ether oxygens (including phenoxy) is 1. The van der Waals surface area contributed by atoms with Crippen molar-refractivity contribution in [3.8, 4) is 5.75 Å². The maximum atomic E-state index is 6.22. The lowest BCUT2D eigenvalue weighted by atomic mass is 10.1. The first-order valence-corrected chi connectivity index (χ1v) is 8.94. The van der Waals surface area contributed by atoms with Gasteiger partial charge in [-0.05, 0) is 42.2 Å². The van der Waals surface area contributed by atoms with E-state index in [-0.39, 0.29) is 0 Å². The van der Waals surface area contributed by atoms with Crippen molar-refractivity contribution < 1.29 is 4.74 Å². The van der Waals surface area contributed by atoms with E-state index in [9.17, 15) is 0 Å². The van der Waals surface area contributed by atoms with E-state index in [1.54, 1.807) is 0 Å². The van der Waals surface area contributed by atoms with E-state index in [0.717, 1.165) is 34.9 Å². The average Bonchev–Trinajstić information content (AvgIpc) is 2.66. The fourth-order valence-electron chi connectivity index (χ4n) is 2.67. The molecule has 3 rings (SSSR count). The molecule has 3 heteroatoms. The van der Waals surface area contributed by atoms with E-state index in [1.807, 2.05) is 54.6 Å². The summed E-state index contributed by atoms with van der Waals surface area (Å²) in [7, 11) is 0. The summed E-state index contributed by atoms with van der Waals surface area (Å²) in [5.41, 5.74) is 3.40. The Morgan fingerprint density at radius 2 is 1.52 bits per heavy atom.